The van der Waals surface area contributed by atoms with Gasteiger partial charge in [0.15, 0.2) is 0 Å². The van der Waals surface area contributed by atoms with Crippen LogP contribution in [-0.2, 0) is 4.79 Å². The topological polar surface area (TPSA) is 146 Å². The number of hydrogen-bond acceptors (Lipinski definition) is 7. The van der Waals surface area contributed by atoms with Crippen LogP contribution in [0.4, 0.5) is 20.2 Å². The maximum Gasteiger partial charge on any atom is 0.309 e. The molecule has 10 nitrogen and oxygen atoms in total. The summed E-state index contributed by atoms with van der Waals surface area (Å²) in [6.07, 6.45) is -1.82. The van der Waals surface area contributed by atoms with Gasteiger partial charge in [-0.25, -0.2) is 13.8 Å². The van der Waals surface area contributed by atoms with Crippen LogP contribution >= 0.6 is 11.3 Å². The molecule has 0 fully saturated rings. The van der Waals surface area contributed by atoms with E-state index >= 15 is 0 Å². The smallest absolute Gasteiger partial charge is 0.309 e. The van der Waals surface area contributed by atoms with E-state index in [-0.39, 0.29) is 32.2 Å². The van der Waals surface area contributed by atoms with E-state index in [1.165, 1.54) is 24.6 Å². The number of nitrogens with one attached hydrogen (secondary N) is 1. The third-order valence-corrected chi connectivity index (χ3v) is 6.52. The number of pyridine rings is 1. The molecule has 3 aromatic heterocycles. The number of aromatic nitrogens is 3. The molecule has 1 atom stereocenters. The number of benzene rings is 1. The standard InChI is InChI=1S/C22H18F2N6O4S/c1-10-15(30(33)34)9-26-29(10)11(2)21(32)28-17-16-13(12-6-4-3-5-7-12)8-14(19(23)24)27-22(16)35-18(17)20(25)31/h3-9,11,19H,1-2H3,(H2,25,31)(H,28,32). The molecule has 35 heavy (non-hydrogen) atoms. The molecule has 2 amide bonds. The third-order valence-electron chi connectivity index (χ3n) is 5.42. The first-order valence-corrected chi connectivity index (χ1v) is 11.0. The third kappa shape index (κ3) is 4.33. The predicted octanol–water partition coefficient (Wildman–Crippen LogP) is 4.61. The van der Waals surface area contributed by atoms with Gasteiger partial charge in [-0.1, -0.05) is 30.3 Å². The van der Waals surface area contributed by atoms with Gasteiger partial charge in [-0.05, 0) is 31.0 Å². The highest BCUT2D eigenvalue weighted by Crippen LogP contribution is 2.42. The van der Waals surface area contributed by atoms with E-state index < -0.39 is 34.9 Å². The maximum absolute atomic E-state index is 13.6. The van der Waals surface area contributed by atoms with Crippen molar-refractivity contribution in [1.82, 2.24) is 14.8 Å². The van der Waals surface area contributed by atoms with Crippen molar-refractivity contribution in [3.05, 3.63) is 69.0 Å². The molecule has 3 N–H and O–H groups in total. The molecule has 0 aliphatic rings. The van der Waals surface area contributed by atoms with E-state index in [1.807, 2.05) is 0 Å². The van der Waals surface area contributed by atoms with Gasteiger partial charge in [-0.3, -0.25) is 24.4 Å². The Kier molecular flexibility index (Phi) is 6.26. The molecular formula is C22H18F2N6O4S. The number of thiophene rings is 1. The lowest BCUT2D eigenvalue weighted by Crippen LogP contribution is -2.26. The lowest BCUT2D eigenvalue weighted by Gasteiger charge is -2.15. The largest absolute Gasteiger partial charge is 0.365 e. The van der Waals surface area contributed by atoms with Gasteiger partial charge >= 0.3 is 5.69 Å². The zero-order valence-electron chi connectivity index (χ0n) is 18.4. The van der Waals surface area contributed by atoms with Crippen LogP contribution in [0.15, 0.2) is 42.6 Å². The van der Waals surface area contributed by atoms with Crippen molar-refractivity contribution in [2.75, 3.05) is 5.32 Å². The second kappa shape index (κ2) is 9.18. The molecule has 0 aliphatic heterocycles. The van der Waals surface area contributed by atoms with Crippen LogP contribution in [0.2, 0.25) is 0 Å². The highest BCUT2D eigenvalue weighted by Gasteiger charge is 2.28. The number of halogens is 2. The quantitative estimate of drug-likeness (QED) is 0.280. The number of nitro groups is 1. The fourth-order valence-corrected chi connectivity index (χ4v) is 4.70. The Morgan fingerprint density at radius 1 is 1.26 bits per heavy atom. The summed E-state index contributed by atoms with van der Waals surface area (Å²) in [7, 11) is 0. The van der Waals surface area contributed by atoms with Crippen molar-refractivity contribution < 1.29 is 23.3 Å². The number of amides is 2. The van der Waals surface area contributed by atoms with Crippen molar-refractivity contribution in [3.63, 3.8) is 0 Å². The van der Waals surface area contributed by atoms with Crippen LogP contribution < -0.4 is 11.1 Å². The molecule has 1 unspecified atom stereocenters. The minimum atomic E-state index is -2.86. The Morgan fingerprint density at radius 2 is 1.94 bits per heavy atom. The zero-order valence-corrected chi connectivity index (χ0v) is 19.2. The zero-order chi connectivity index (χ0) is 25.4. The summed E-state index contributed by atoms with van der Waals surface area (Å²) >= 11 is 0.788. The molecule has 0 saturated heterocycles. The molecule has 0 aliphatic carbocycles. The first kappa shape index (κ1) is 23.9. The summed E-state index contributed by atoms with van der Waals surface area (Å²) in [6.45, 7) is 2.93. The number of nitrogens with zero attached hydrogens (tertiary/aromatic N) is 4. The second-order valence-electron chi connectivity index (χ2n) is 7.59. The molecule has 1 aromatic carbocycles. The van der Waals surface area contributed by atoms with E-state index in [4.69, 9.17) is 5.73 Å². The molecule has 3 heterocycles. The van der Waals surface area contributed by atoms with Crippen molar-refractivity contribution in [2.24, 2.45) is 5.73 Å². The van der Waals surface area contributed by atoms with E-state index in [0.717, 1.165) is 17.5 Å². The monoisotopic (exact) mass is 500 g/mol. The Bertz CT molecular complexity index is 1470. The lowest BCUT2D eigenvalue weighted by atomic mass is 10.0. The Morgan fingerprint density at radius 3 is 2.51 bits per heavy atom. The van der Waals surface area contributed by atoms with Crippen molar-refractivity contribution in [1.29, 1.82) is 0 Å². The van der Waals surface area contributed by atoms with Crippen LogP contribution in [-0.4, -0.2) is 31.5 Å². The van der Waals surface area contributed by atoms with Crippen molar-refractivity contribution in [3.8, 4) is 11.1 Å². The van der Waals surface area contributed by atoms with Crippen LogP contribution in [0, 0.1) is 17.0 Å². The number of alkyl halides is 2. The number of hydrogen-bond donors (Lipinski definition) is 2. The Balaban J connectivity index is 1.86. The molecule has 4 aromatic rings. The minimum Gasteiger partial charge on any atom is -0.365 e. The highest BCUT2D eigenvalue weighted by molar-refractivity contribution is 7.21. The molecular weight excluding hydrogens is 482 g/mol. The minimum absolute atomic E-state index is 0.0285. The molecule has 0 saturated carbocycles. The van der Waals surface area contributed by atoms with Gasteiger partial charge in [0.2, 0.25) is 5.91 Å². The first-order chi connectivity index (χ1) is 16.6. The molecule has 0 radical (unpaired) electrons. The predicted molar refractivity (Wildman–Crippen MR) is 125 cm³/mol. The highest BCUT2D eigenvalue weighted by atomic mass is 32.1. The number of carbonyl (C=O) groups excluding carboxylic acids is 2. The fraction of sp³-hybridized carbons (Fsp3) is 0.182. The van der Waals surface area contributed by atoms with Gasteiger partial charge in [0.05, 0.1) is 10.6 Å². The van der Waals surface area contributed by atoms with Gasteiger partial charge in [-0.15, -0.1) is 11.3 Å². The van der Waals surface area contributed by atoms with Crippen LogP contribution in [0.1, 0.15) is 40.5 Å². The average molecular weight is 500 g/mol. The van der Waals surface area contributed by atoms with Gasteiger partial charge in [0, 0.05) is 5.39 Å². The SMILES string of the molecule is Cc1c([N+](=O)[O-])cnn1C(C)C(=O)Nc1c(C(N)=O)sc2nc(C(F)F)cc(-c3ccccc3)c12. The average Bonchev–Trinajstić information content (AvgIpc) is 3.39. The van der Waals surface area contributed by atoms with Crippen molar-refractivity contribution in [2.45, 2.75) is 26.3 Å². The molecule has 13 heteroatoms. The number of anilines is 1. The molecule has 0 spiro atoms. The summed E-state index contributed by atoms with van der Waals surface area (Å²) in [6, 6.07) is 8.80. The maximum atomic E-state index is 13.6. The van der Waals surface area contributed by atoms with Crippen LogP contribution in [0.25, 0.3) is 21.3 Å². The van der Waals surface area contributed by atoms with E-state index in [1.54, 1.807) is 30.3 Å². The molecule has 0 bridgehead atoms. The van der Waals surface area contributed by atoms with Crippen LogP contribution in [0.5, 0.6) is 0 Å². The van der Waals surface area contributed by atoms with Gasteiger partial charge < -0.3 is 11.1 Å². The van der Waals surface area contributed by atoms with E-state index in [2.05, 4.69) is 15.4 Å². The number of primary amides is 1. The Labute approximate surface area is 200 Å². The van der Waals surface area contributed by atoms with Gasteiger partial charge in [-0.2, -0.15) is 5.10 Å². The second-order valence-corrected chi connectivity index (χ2v) is 8.59. The fourth-order valence-electron chi connectivity index (χ4n) is 3.69. The molecule has 4 rings (SSSR count). The number of rotatable bonds is 7. The summed E-state index contributed by atoms with van der Waals surface area (Å²) in [5.74, 6) is -1.52. The van der Waals surface area contributed by atoms with Gasteiger partial charge in [0.1, 0.15) is 33.3 Å². The summed E-state index contributed by atoms with van der Waals surface area (Å²) < 4.78 is 28.3. The molecule has 180 valence electrons. The van der Waals surface area contributed by atoms with Gasteiger partial charge in [0.25, 0.3) is 12.3 Å². The van der Waals surface area contributed by atoms with Crippen molar-refractivity contribution >= 4 is 44.7 Å². The van der Waals surface area contributed by atoms with Crippen LogP contribution in [0.3, 0.4) is 0 Å². The summed E-state index contributed by atoms with van der Waals surface area (Å²) in [5.41, 5.74) is 5.90. The summed E-state index contributed by atoms with van der Waals surface area (Å²) in [4.78, 5) is 39.9. The lowest BCUT2D eigenvalue weighted by molar-refractivity contribution is -0.385. The number of carbonyl (C=O) groups is 2. The Hall–Kier alpha value is -4.26. The normalized spacial score (nSPS) is 12.1. The number of nitrogens with two attached hydrogens (primary N) is 1. The van der Waals surface area contributed by atoms with E-state index in [0.29, 0.717) is 11.1 Å². The van der Waals surface area contributed by atoms with E-state index in [9.17, 15) is 28.5 Å². The summed E-state index contributed by atoms with van der Waals surface area (Å²) in [5, 5.41) is 18.0. The number of fused-ring (bicyclic) bond motifs is 1. The first-order valence-electron chi connectivity index (χ1n) is 10.2.